The predicted molar refractivity (Wildman–Crippen MR) is 104 cm³/mol. The van der Waals surface area contributed by atoms with E-state index in [0.29, 0.717) is 6.42 Å². The number of nitrogens with one attached hydrogen (secondary N) is 3. The highest BCUT2D eigenvalue weighted by Gasteiger charge is 2.32. The third-order valence-corrected chi connectivity index (χ3v) is 4.49. The molecule has 0 aromatic carbocycles. The van der Waals surface area contributed by atoms with E-state index >= 15 is 0 Å². The number of nitrogens with two attached hydrogens (primary N) is 2. The molecule has 160 valence electrons. The maximum atomic E-state index is 12.6. The molecule has 0 saturated heterocycles. The van der Waals surface area contributed by atoms with Crippen LogP contribution in [-0.2, 0) is 24.0 Å². The predicted octanol–water partition coefficient (Wildman–Crippen LogP) is -2.28. The molecule has 12 heteroatoms. The first-order chi connectivity index (χ1) is 12.9. The second kappa shape index (κ2) is 12.2. The second-order valence-electron chi connectivity index (χ2n) is 6.46. The Labute approximate surface area is 168 Å². The van der Waals surface area contributed by atoms with Crippen molar-refractivity contribution in [2.75, 3.05) is 5.75 Å². The van der Waals surface area contributed by atoms with Gasteiger partial charge in [0.25, 0.3) is 0 Å². The number of carbonyl (C=O) groups excluding carboxylic acids is 4. The first-order valence-corrected chi connectivity index (χ1v) is 9.36. The van der Waals surface area contributed by atoms with Crippen LogP contribution in [0.3, 0.4) is 0 Å². The average molecular weight is 420 g/mol. The van der Waals surface area contributed by atoms with E-state index in [1.807, 2.05) is 0 Å². The standard InChI is InChI=1S/C16H29N5O6S/c1-4-7(2)12(15(25)19-8(3)16(26)27)21-14(24)10(5-11(18)22)20-13(23)9(17)6-28/h7-10,12,28H,4-6,17H2,1-3H3,(H2,18,22)(H,19,25)(H,20,23)(H,21,24)(H,26,27). The molecule has 0 aromatic rings. The summed E-state index contributed by atoms with van der Waals surface area (Å²) in [4.78, 5) is 59.2. The molecule has 0 aliphatic heterocycles. The third kappa shape index (κ3) is 8.57. The van der Waals surface area contributed by atoms with Crippen LogP contribution in [0.1, 0.15) is 33.6 Å². The molecule has 0 radical (unpaired) electrons. The summed E-state index contributed by atoms with van der Waals surface area (Å²) in [6.45, 7) is 4.76. The lowest BCUT2D eigenvalue weighted by Crippen LogP contribution is -2.59. The van der Waals surface area contributed by atoms with Crippen LogP contribution in [0.5, 0.6) is 0 Å². The van der Waals surface area contributed by atoms with E-state index in [1.165, 1.54) is 6.92 Å². The van der Waals surface area contributed by atoms with Crippen molar-refractivity contribution < 1.29 is 29.1 Å². The SMILES string of the molecule is CCC(C)C(NC(=O)C(CC(N)=O)NC(=O)C(N)CS)C(=O)NC(C)C(=O)O. The van der Waals surface area contributed by atoms with Gasteiger partial charge in [-0.3, -0.25) is 24.0 Å². The van der Waals surface area contributed by atoms with Crippen molar-refractivity contribution in [1.82, 2.24) is 16.0 Å². The number of hydrogen-bond donors (Lipinski definition) is 7. The smallest absolute Gasteiger partial charge is 0.325 e. The lowest BCUT2D eigenvalue weighted by molar-refractivity contribution is -0.142. The van der Waals surface area contributed by atoms with Gasteiger partial charge in [0.15, 0.2) is 0 Å². The van der Waals surface area contributed by atoms with Gasteiger partial charge in [-0.1, -0.05) is 20.3 Å². The van der Waals surface area contributed by atoms with Crippen LogP contribution >= 0.6 is 12.6 Å². The maximum Gasteiger partial charge on any atom is 0.325 e. The van der Waals surface area contributed by atoms with Crippen LogP contribution in [0.15, 0.2) is 0 Å². The minimum absolute atomic E-state index is 0.0156. The molecule has 11 nitrogen and oxygen atoms in total. The van der Waals surface area contributed by atoms with Gasteiger partial charge in [-0.25, -0.2) is 0 Å². The maximum absolute atomic E-state index is 12.6. The Bertz CT molecular complexity index is 602. The van der Waals surface area contributed by atoms with Gasteiger partial charge in [0.2, 0.25) is 23.6 Å². The van der Waals surface area contributed by atoms with Crippen molar-refractivity contribution in [1.29, 1.82) is 0 Å². The van der Waals surface area contributed by atoms with Gasteiger partial charge in [-0.15, -0.1) is 0 Å². The topological polar surface area (TPSA) is 194 Å². The molecular weight excluding hydrogens is 390 g/mol. The summed E-state index contributed by atoms with van der Waals surface area (Å²) in [5.41, 5.74) is 10.7. The number of aliphatic carboxylic acids is 1. The van der Waals surface area contributed by atoms with E-state index in [4.69, 9.17) is 16.6 Å². The fraction of sp³-hybridized carbons (Fsp3) is 0.688. The van der Waals surface area contributed by atoms with E-state index in [9.17, 15) is 24.0 Å². The van der Waals surface area contributed by atoms with Crippen LogP contribution < -0.4 is 27.4 Å². The normalized spacial score (nSPS) is 16.0. The number of amides is 4. The number of primary amides is 1. The molecule has 0 saturated carbocycles. The second-order valence-corrected chi connectivity index (χ2v) is 6.83. The van der Waals surface area contributed by atoms with Gasteiger partial charge in [-0.2, -0.15) is 12.6 Å². The van der Waals surface area contributed by atoms with Crippen LogP contribution in [-0.4, -0.2) is 64.6 Å². The molecule has 0 bridgehead atoms. The van der Waals surface area contributed by atoms with Gasteiger partial charge >= 0.3 is 5.97 Å². The molecule has 5 unspecified atom stereocenters. The Kier molecular flexibility index (Phi) is 11.2. The van der Waals surface area contributed by atoms with Gasteiger partial charge in [0.05, 0.1) is 12.5 Å². The summed E-state index contributed by atoms with van der Waals surface area (Å²) in [7, 11) is 0. The van der Waals surface area contributed by atoms with Crippen molar-refractivity contribution >= 4 is 42.2 Å². The fourth-order valence-corrected chi connectivity index (χ4v) is 2.26. The molecular formula is C16H29N5O6S. The van der Waals surface area contributed by atoms with Crippen molar-refractivity contribution in [3.63, 3.8) is 0 Å². The Morgan fingerprint density at radius 3 is 2.00 bits per heavy atom. The van der Waals surface area contributed by atoms with Crippen molar-refractivity contribution in [3.8, 4) is 0 Å². The number of carbonyl (C=O) groups is 5. The van der Waals surface area contributed by atoms with E-state index in [0.717, 1.165) is 0 Å². The lowest BCUT2D eigenvalue weighted by Gasteiger charge is -2.27. The zero-order valence-corrected chi connectivity index (χ0v) is 17.0. The monoisotopic (exact) mass is 419 g/mol. The largest absolute Gasteiger partial charge is 0.480 e. The highest BCUT2D eigenvalue weighted by atomic mass is 32.1. The molecule has 0 fully saturated rings. The summed E-state index contributed by atoms with van der Waals surface area (Å²) in [5.74, 6) is -4.64. The molecule has 4 amide bonds. The average Bonchev–Trinajstić information content (AvgIpc) is 2.62. The molecule has 0 spiro atoms. The minimum atomic E-state index is -1.34. The van der Waals surface area contributed by atoms with Crippen molar-refractivity contribution in [2.45, 2.75) is 57.8 Å². The zero-order chi connectivity index (χ0) is 22.0. The fourth-order valence-electron chi connectivity index (χ4n) is 2.09. The van der Waals surface area contributed by atoms with Crippen LogP contribution in [0, 0.1) is 5.92 Å². The highest BCUT2D eigenvalue weighted by molar-refractivity contribution is 7.80. The van der Waals surface area contributed by atoms with E-state index in [-0.39, 0.29) is 11.7 Å². The molecule has 8 N–H and O–H groups in total. The third-order valence-electron chi connectivity index (χ3n) is 4.09. The Balaban J connectivity index is 5.39. The quantitative estimate of drug-likeness (QED) is 0.173. The summed E-state index contributed by atoms with van der Waals surface area (Å²) in [6.07, 6.45) is -0.00553. The van der Waals surface area contributed by atoms with Crippen LogP contribution in [0.4, 0.5) is 0 Å². The first kappa shape index (κ1) is 25.7. The number of rotatable bonds is 12. The first-order valence-electron chi connectivity index (χ1n) is 8.73. The van der Waals surface area contributed by atoms with Gasteiger partial charge in [0.1, 0.15) is 18.1 Å². The van der Waals surface area contributed by atoms with Crippen LogP contribution in [0.2, 0.25) is 0 Å². The van der Waals surface area contributed by atoms with Crippen molar-refractivity contribution in [2.24, 2.45) is 17.4 Å². The van der Waals surface area contributed by atoms with E-state index in [1.54, 1.807) is 13.8 Å². The molecule has 28 heavy (non-hydrogen) atoms. The Hall–Kier alpha value is -2.34. The molecule has 0 aromatic heterocycles. The lowest BCUT2D eigenvalue weighted by atomic mass is 9.97. The number of carboxylic acids is 1. The zero-order valence-electron chi connectivity index (χ0n) is 16.1. The van der Waals surface area contributed by atoms with E-state index in [2.05, 4.69) is 28.6 Å². The van der Waals surface area contributed by atoms with Crippen molar-refractivity contribution in [3.05, 3.63) is 0 Å². The van der Waals surface area contributed by atoms with Gasteiger partial charge in [-0.05, 0) is 12.8 Å². The molecule has 0 rings (SSSR count). The summed E-state index contributed by atoms with van der Waals surface area (Å²) >= 11 is 3.89. The number of thiol groups is 1. The molecule has 0 aliphatic carbocycles. The molecule has 0 aliphatic rings. The Morgan fingerprint density at radius 1 is 1.00 bits per heavy atom. The number of hydrogen-bond acceptors (Lipinski definition) is 7. The Morgan fingerprint density at radius 2 is 1.57 bits per heavy atom. The number of carboxylic acid groups (broad SMARTS) is 1. The summed E-state index contributed by atoms with van der Waals surface area (Å²) in [6, 6.07) is -4.58. The summed E-state index contributed by atoms with van der Waals surface area (Å²) in [5, 5.41) is 16.0. The van der Waals surface area contributed by atoms with Gasteiger partial charge in [0, 0.05) is 5.75 Å². The molecule has 0 heterocycles. The summed E-state index contributed by atoms with van der Waals surface area (Å²) < 4.78 is 0. The highest BCUT2D eigenvalue weighted by Crippen LogP contribution is 2.09. The van der Waals surface area contributed by atoms with Crippen LogP contribution in [0.25, 0.3) is 0 Å². The molecule has 5 atom stereocenters. The van der Waals surface area contributed by atoms with E-state index < -0.39 is 60.2 Å². The van der Waals surface area contributed by atoms with Gasteiger partial charge < -0.3 is 32.5 Å². The minimum Gasteiger partial charge on any atom is -0.480 e.